The fourth-order valence-corrected chi connectivity index (χ4v) is 3.46. The summed E-state index contributed by atoms with van der Waals surface area (Å²) in [6, 6.07) is 8.49. The zero-order chi connectivity index (χ0) is 15.9. The van der Waals surface area contributed by atoms with Crippen LogP contribution in [0, 0.1) is 6.92 Å². The van der Waals surface area contributed by atoms with Crippen molar-refractivity contribution in [3.8, 4) is 11.1 Å². The van der Waals surface area contributed by atoms with Crippen LogP contribution in [0.1, 0.15) is 17.8 Å². The van der Waals surface area contributed by atoms with Gasteiger partial charge in [-0.3, -0.25) is 9.36 Å². The predicted molar refractivity (Wildman–Crippen MR) is 83.8 cm³/mol. The van der Waals surface area contributed by atoms with Gasteiger partial charge >= 0.3 is 0 Å². The first-order valence-corrected chi connectivity index (χ1v) is 7.59. The van der Waals surface area contributed by atoms with Crippen molar-refractivity contribution >= 4 is 27.5 Å². The number of carboxylic acid groups (broad SMARTS) is 1. The van der Waals surface area contributed by atoms with Gasteiger partial charge in [-0.2, -0.15) is 0 Å². The molecule has 6 heteroatoms. The number of fused-ring (bicyclic) bond motifs is 1. The maximum atomic E-state index is 12.7. The number of aromatic nitrogens is 2. The highest BCUT2D eigenvalue weighted by Crippen LogP contribution is 2.35. The van der Waals surface area contributed by atoms with Crippen molar-refractivity contribution in [1.82, 2.24) is 9.55 Å². The van der Waals surface area contributed by atoms with Gasteiger partial charge in [0.2, 0.25) is 0 Å². The molecule has 2 heterocycles. The number of benzene rings is 1. The Hall–Kier alpha value is -2.47. The lowest BCUT2D eigenvalue weighted by Gasteiger charge is -2.15. The maximum Gasteiger partial charge on any atom is 0.263 e. The van der Waals surface area contributed by atoms with Crippen molar-refractivity contribution in [3.05, 3.63) is 51.9 Å². The number of aryl methyl sites for hydroxylation is 1. The van der Waals surface area contributed by atoms with Gasteiger partial charge in [0, 0.05) is 10.4 Å². The summed E-state index contributed by atoms with van der Waals surface area (Å²) in [4.78, 5) is 29.6. The zero-order valence-corrected chi connectivity index (χ0v) is 12.9. The van der Waals surface area contributed by atoms with E-state index in [4.69, 9.17) is 0 Å². The minimum absolute atomic E-state index is 0.357. The molecule has 0 saturated carbocycles. The van der Waals surface area contributed by atoms with E-state index in [1.54, 1.807) is 0 Å². The average Bonchev–Trinajstić information content (AvgIpc) is 2.85. The van der Waals surface area contributed by atoms with Gasteiger partial charge in [-0.1, -0.05) is 30.3 Å². The molecule has 0 aliphatic heterocycles. The Morgan fingerprint density at radius 1 is 1.32 bits per heavy atom. The molecular formula is C16H13N2O3S-. The molecule has 2 aromatic heterocycles. The Labute approximate surface area is 130 Å². The second-order valence-electron chi connectivity index (χ2n) is 5.03. The summed E-state index contributed by atoms with van der Waals surface area (Å²) >= 11 is 1.43. The van der Waals surface area contributed by atoms with E-state index in [0.717, 1.165) is 20.6 Å². The third kappa shape index (κ3) is 2.21. The molecule has 3 aromatic rings. The number of aliphatic carboxylic acids is 1. The van der Waals surface area contributed by atoms with Crippen LogP contribution in [0.2, 0.25) is 0 Å². The Balaban J connectivity index is 2.35. The number of nitrogens with zero attached hydrogens (tertiary/aromatic N) is 2. The maximum absolute atomic E-state index is 12.7. The molecule has 112 valence electrons. The second kappa shape index (κ2) is 5.38. The molecule has 1 atom stereocenters. The van der Waals surface area contributed by atoms with E-state index in [9.17, 15) is 14.7 Å². The smallest absolute Gasteiger partial charge is 0.263 e. The molecule has 0 bridgehead atoms. The van der Waals surface area contributed by atoms with Crippen LogP contribution in [0.4, 0.5) is 0 Å². The van der Waals surface area contributed by atoms with Crippen LogP contribution in [0.25, 0.3) is 21.3 Å². The monoisotopic (exact) mass is 313 g/mol. The highest BCUT2D eigenvalue weighted by Gasteiger charge is 2.18. The lowest BCUT2D eigenvalue weighted by molar-refractivity contribution is -0.309. The Kier molecular flexibility index (Phi) is 3.54. The molecule has 0 N–H and O–H groups in total. The SMILES string of the molecule is Cc1sc2ncn([C@@H](C)C(=O)[O-])c(=O)c2c1-c1ccccc1. The molecule has 0 spiro atoms. The van der Waals surface area contributed by atoms with Gasteiger partial charge < -0.3 is 9.90 Å². The number of carbonyl (C=O) groups is 1. The molecule has 5 nitrogen and oxygen atoms in total. The molecule has 22 heavy (non-hydrogen) atoms. The number of hydrogen-bond acceptors (Lipinski definition) is 5. The average molecular weight is 313 g/mol. The highest BCUT2D eigenvalue weighted by atomic mass is 32.1. The first-order valence-electron chi connectivity index (χ1n) is 6.77. The van der Waals surface area contributed by atoms with Gasteiger partial charge in [0.1, 0.15) is 4.83 Å². The van der Waals surface area contributed by atoms with Gasteiger partial charge in [0.05, 0.1) is 23.7 Å². The van der Waals surface area contributed by atoms with Gasteiger partial charge in [0.25, 0.3) is 5.56 Å². The molecule has 3 rings (SSSR count). The summed E-state index contributed by atoms with van der Waals surface area (Å²) in [5.74, 6) is -1.31. The van der Waals surface area contributed by atoms with Crippen LogP contribution in [-0.2, 0) is 4.79 Å². The Morgan fingerprint density at radius 2 is 2.00 bits per heavy atom. The molecule has 0 amide bonds. The number of hydrogen-bond donors (Lipinski definition) is 0. The number of thiophene rings is 1. The molecular weight excluding hydrogens is 300 g/mol. The van der Waals surface area contributed by atoms with Gasteiger partial charge in [0.15, 0.2) is 0 Å². The standard InChI is InChI=1S/C16H14N2O3S/c1-9(16(20)21)18-8-17-14-13(15(18)19)12(10(2)22-14)11-6-4-3-5-7-11/h3-9H,1-2H3,(H,20,21)/p-1/t9-/m0/s1. The van der Waals surface area contributed by atoms with Gasteiger partial charge in [-0.25, -0.2) is 4.98 Å². The Bertz CT molecular complexity index is 912. The molecule has 0 radical (unpaired) electrons. The third-order valence-corrected chi connectivity index (χ3v) is 4.65. The fraction of sp³-hybridized carbons (Fsp3) is 0.188. The largest absolute Gasteiger partial charge is 0.548 e. The van der Waals surface area contributed by atoms with E-state index >= 15 is 0 Å². The summed E-state index contributed by atoms with van der Waals surface area (Å²) < 4.78 is 1.11. The van der Waals surface area contributed by atoms with Crippen molar-refractivity contribution in [3.63, 3.8) is 0 Å². The summed E-state index contributed by atoms with van der Waals surface area (Å²) in [5, 5.41) is 11.5. The first-order chi connectivity index (χ1) is 10.5. The molecule has 0 unspecified atom stereocenters. The molecule has 0 saturated heterocycles. The van der Waals surface area contributed by atoms with Crippen molar-refractivity contribution in [2.45, 2.75) is 19.9 Å². The minimum atomic E-state index is -1.31. The van der Waals surface area contributed by atoms with Crippen molar-refractivity contribution in [2.24, 2.45) is 0 Å². The summed E-state index contributed by atoms with van der Waals surface area (Å²) in [6.07, 6.45) is 1.27. The van der Waals surface area contributed by atoms with Crippen molar-refractivity contribution in [2.75, 3.05) is 0 Å². The lowest BCUT2D eigenvalue weighted by atomic mass is 10.0. The van der Waals surface area contributed by atoms with Crippen LogP contribution >= 0.6 is 11.3 Å². The second-order valence-corrected chi connectivity index (χ2v) is 6.23. The van der Waals surface area contributed by atoms with Crippen LogP contribution in [-0.4, -0.2) is 15.5 Å². The molecule has 0 aliphatic rings. The lowest BCUT2D eigenvalue weighted by Crippen LogP contribution is -2.36. The zero-order valence-electron chi connectivity index (χ0n) is 12.1. The van der Waals surface area contributed by atoms with E-state index in [0.29, 0.717) is 10.2 Å². The van der Waals surface area contributed by atoms with E-state index in [1.807, 2.05) is 37.3 Å². The fourth-order valence-electron chi connectivity index (χ4n) is 2.46. The van der Waals surface area contributed by atoms with Crippen molar-refractivity contribution < 1.29 is 9.90 Å². The van der Waals surface area contributed by atoms with Crippen molar-refractivity contribution in [1.29, 1.82) is 0 Å². The summed E-state index contributed by atoms with van der Waals surface area (Å²) in [5.41, 5.74) is 1.38. The number of carbonyl (C=O) groups excluding carboxylic acids is 1. The van der Waals surface area contributed by atoms with Crippen LogP contribution in [0.15, 0.2) is 41.5 Å². The van der Waals surface area contributed by atoms with E-state index < -0.39 is 12.0 Å². The summed E-state index contributed by atoms with van der Waals surface area (Å²) in [6.45, 7) is 3.34. The molecule has 0 fully saturated rings. The van der Waals surface area contributed by atoms with Gasteiger partial charge in [-0.15, -0.1) is 11.3 Å². The normalized spacial score (nSPS) is 12.5. The van der Waals surface area contributed by atoms with Gasteiger partial charge in [-0.05, 0) is 19.4 Å². The van der Waals surface area contributed by atoms with Crippen LogP contribution in [0.3, 0.4) is 0 Å². The summed E-state index contributed by atoms with van der Waals surface area (Å²) in [7, 11) is 0. The minimum Gasteiger partial charge on any atom is -0.548 e. The van der Waals surface area contributed by atoms with E-state index in [-0.39, 0.29) is 5.56 Å². The van der Waals surface area contributed by atoms with E-state index in [1.165, 1.54) is 24.6 Å². The Morgan fingerprint density at radius 3 is 2.64 bits per heavy atom. The van der Waals surface area contributed by atoms with Crippen LogP contribution < -0.4 is 10.7 Å². The van der Waals surface area contributed by atoms with Crippen LogP contribution in [0.5, 0.6) is 0 Å². The topological polar surface area (TPSA) is 75.0 Å². The highest BCUT2D eigenvalue weighted by molar-refractivity contribution is 7.19. The number of carboxylic acids is 1. The predicted octanol–water partition coefficient (Wildman–Crippen LogP) is 1.74. The molecule has 1 aromatic carbocycles. The number of rotatable bonds is 3. The third-order valence-electron chi connectivity index (χ3n) is 3.63. The quantitative estimate of drug-likeness (QED) is 0.738. The first kappa shape index (κ1) is 14.5. The van der Waals surface area contributed by atoms with E-state index in [2.05, 4.69) is 4.98 Å². The molecule has 0 aliphatic carbocycles.